The van der Waals surface area contributed by atoms with Gasteiger partial charge < -0.3 is 5.11 Å². The van der Waals surface area contributed by atoms with Crippen molar-refractivity contribution in [1.82, 2.24) is 0 Å². The fraction of sp³-hybridized carbons (Fsp3) is 0.0500. The normalized spacial score (nSPS) is 10.4. The van der Waals surface area contributed by atoms with E-state index in [-0.39, 0.29) is 0 Å². The quantitative estimate of drug-likeness (QED) is 0.630. The Hall–Kier alpha value is -1.78. The summed E-state index contributed by atoms with van der Waals surface area (Å²) in [6, 6.07) is 31.6. The first kappa shape index (κ1) is 18.6. The summed E-state index contributed by atoms with van der Waals surface area (Å²) < 4.78 is 3.88. The van der Waals surface area contributed by atoms with Crippen LogP contribution in [-0.4, -0.2) is 28.3 Å². The molecule has 0 spiro atoms. The number of carbonyl (C=O) groups is 1. The number of hydrogen-bond acceptors (Lipinski definition) is 1. The minimum absolute atomic E-state index is 0.833. The van der Waals surface area contributed by atoms with E-state index in [1.165, 1.54) is 10.7 Å². The fourth-order valence-corrected chi connectivity index (χ4v) is 13.5. The fourth-order valence-electron chi connectivity index (χ4n) is 2.50. The number of rotatable bonds is 3. The number of halogens is 1. The molecule has 2 nitrogen and oxygen atoms in total. The van der Waals surface area contributed by atoms with Gasteiger partial charge in [-0.25, -0.2) is 0 Å². The molecule has 0 radical (unpaired) electrons. The van der Waals surface area contributed by atoms with Crippen LogP contribution >= 0.6 is 8.92 Å². The van der Waals surface area contributed by atoms with Gasteiger partial charge in [-0.05, 0) is 0 Å². The second-order valence-corrected chi connectivity index (χ2v) is 17.8. The third-order valence-corrected chi connectivity index (χ3v) is 17.6. The molecule has 0 atom stereocenters. The first-order chi connectivity index (χ1) is 11.5. The Morgan fingerprint density at radius 3 is 1.12 bits per heavy atom. The van der Waals surface area contributed by atoms with E-state index in [1.807, 2.05) is 18.2 Å². The molecule has 0 saturated heterocycles. The molecule has 3 aromatic rings. The van der Waals surface area contributed by atoms with E-state index in [0.717, 1.165) is 6.92 Å². The van der Waals surface area contributed by atoms with Crippen LogP contribution in [-0.2, 0) is 4.79 Å². The summed E-state index contributed by atoms with van der Waals surface area (Å²) in [6.45, 7) is 1.08. The molecule has 4 heteroatoms. The van der Waals surface area contributed by atoms with E-state index >= 15 is 0 Å². The number of hydrogen-bond donors (Lipinski definition) is 1. The standard InChI is InChI=1S/3C6H5.C2H4O2.ClH.Sn/c3*1-2-4-6-5-3-1;1-2(3)4;;/h3*1-5H;1H3,(H,3,4);1H;/q;;;;;+1/p-1. The molecular weight excluding hydrogens is 426 g/mol. The average molecular weight is 446 g/mol. The first-order valence-electron chi connectivity index (χ1n) is 7.60. The van der Waals surface area contributed by atoms with Gasteiger partial charge >= 0.3 is 128 Å². The average Bonchev–Trinajstić information content (AvgIpc) is 2.63. The van der Waals surface area contributed by atoms with Gasteiger partial charge in [-0.1, -0.05) is 0 Å². The van der Waals surface area contributed by atoms with Crippen molar-refractivity contribution in [2.75, 3.05) is 0 Å². The van der Waals surface area contributed by atoms with Crippen LogP contribution in [0, 0.1) is 0 Å². The van der Waals surface area contributed by atoms with Gasteiger partial charge in [0.05, 0.1) is 0 Å². The zero-order chi connectivity index (χ0) is 17.4. The molecule has 3 aromatic carbocycles. The third kappa shape index (κ3) is 4.62. The Balaban J connectivity index is 0.000000471. The van der Waals surface area contributed by atoms with Crippen LogP contribution in [0.3, 0.4) is 0 Å². The molecule has 0 heterocycles. The molecule has 122 valence electrons. The van der Waals surface area contributed by atoms with Crippen molar-refractivity contribution in [3.63, 3.8) is 0 Å². The van der Waals surface area contributed by atoms with E-state index in [4.69, 9.17) is 18.8 Å². The molecule has 0 unspecified atom stereocenters. The Bertz CT molecular complexity index is 661. The molecule has 0 aliphatic carbocycles. The van der Waals surface area contributed by atoms with E-state index in [2.05, 4.69) is 72.8 Å². The summed E-state index contributed by atoms with van der Waals surface area (Å²) in [5, 5.41) is 7.42. The van der Waals surface area contributed by atoms with Gasteiger partial charge in [0.2, 0.25) is 0 Å². The molecular formula is C20H19ClO2Sn. The zero-order valence-electron chi connectivity index (χ0n) is 13.4. The predicted molar refractivity (Wildman–Crippen MR) is 103 cm³/mol. The Morgan fingerprint density at radius 1 is 0.708 bits per heavy atom. The van der Waals surface area contributed by atoms with Crippen LogP contribution in [0.25, 0.3) is 0 Å². The molecule has 0 aliphatic heterocycles. The topological polar surface area (TPSA) is 37.3 Å². The van der Waals surface area contributed by atoms with Crippen LogP contribution in [0.15, 0.2) is 91.0 Å². The summed E-state index contributed by atoms with van der Waals surface area (Å²) in [5.41, 5.74) is 0. The monoisotopic (exact) mass is 446 g/mol. The number of carboxylic acid groups (broad SMARTS) is 1. The van der Waals surface area contributed by atoms with Crippen LogP contribution in [0.2, 0.25) is 0 Å². The van der Waals surface area contributed by atoms with Crippen LogP contribution in [0.4, 0.5) is 0 Å². The zero-order valence-corrected chi connectivity index (χ0v) is 17.0. The van der Waals surface area contributed by atoms with Crippen LogP contribution in [0.5, 0.6) is 0 Å². The van der Waals surface area contributed by atoms with Crippen molar-refractivity contribution in [2.45, 2.75) is 6.92 Å². The van der Waals surface area contributed by atoms with Crippen molar-refractivity contribution >= 4 is 42.9 Å². The molecule has 0 aromatic heterocycles. The van der Waals surface area contributed by atoms with Crippen LogP contribution in [0.1, 0.15) is 6.92 Å². The number of benzene rings is 3. The van der Waals surface area contributed by atoms with Crippen LogP contribution < -0.4 is 10.7 Å². The molecule has 24 heavy (non-hydrogen) atoms. The van der Waals surface area contributed by atoms with Gasteiger partial charge in [0.15, 0.2) is 0 Å². The van der Waals surface area contributed by atoms with Gasteiger partial charge in [0, 0.05) is 6.92 Å². The Labute approximate surface area is 150 Å². The second-order valence-electron chi connectivity index (χ2n) is 5.28. The minimum atomic E-state index is -3.30. The maximum atomic E-state index is 9.00. The van der Waals surface area contributed by atoms with Gasteiger partial charge in [0.25, 0.3) is 5.97 Å². The summed E-state index contributed by atoms with van der Waals surface area (Å²) in [4.78, 5) is 9.00. The first-order valence-corrected chi connectivity index (χ1v) is 15.5. The second kappa shape index (κ2) is 8.90. The summed E-state index contributed by atoms with van der Waals surface area (Å²) in [5.74, 6) is -0.833. The van der Waals surface area contributed by atoms with E-state index in [1.54, 1.807) is 0 Å². The number of carboxylic acids is 1. The molecule has 0 saturated carbocycles. The Kier molecular flexibility index (Phi) is 6.88. The molecule has 0 amide bonds. The summed E-state index contributed by atoms with van der Waals surface area (Å²) in [6.07, 6.45) is 0. The van der Waals surface area contributed by atoms with Crippen molar-refractivity contribution < 1.29 is 9.90 Å². The summed E-state index contributed by atoms with van der Waals surface area (Å²) >= 11 is -3.30. The van der Waals surface area contributed by atoms with Gasteiger partial charge in [-0.3, -0.25) is 4.79 Å². The van der Waals surface area contributed by atoms with E-state index < -0.39 is 23.2 Å². The molecule has 0 bridgehead atoms. The van der Waals surface area contributed by atoms with E-state index in [0.29, 0.717) is 0 Å². The van der Waals surface area contributed by atoms with Gasteiger partial charge in [-0.2, -0.15) is 0 Å². The van der Waals surface area contributed by atoms with Gasteiger partial charge in [-0.15, -0.1) is 0 Å². The van der Waals surface area contributed by atoms with Crippen molar-refractivity contribution in [2.24, 2.45) is 0 Å². The predicted octanol–water partition coefficient (Wildman–Crippen LogP) is 2.98. The van der Waals surface area contributed by atoms with Gasteiger partial charge in [0.1, 0.15) is 0 Å². The SMILES string of the molecule is CC(=O)O.[Cl][Sn]([c]1ccccc1)([c]1ccccc1)[c]1ccccc1. The summed E-state index contributed by atoms with van der Waals surface area (Å²) in [7, 11) is 7.33. The molecule has 0 aliphatic rings. The molecule has 0 fully saturated rings. The van der Waals surface area contributed by atoms with Crippen molar-refractivity contribution in [1.29, 1.82) is 0 Å². The molecule has 3 rings (SSSR count). The third-order valence-electron chi connectivity index (χ3n) is 3.51. The van der Waals surface area contributed by atoms with E-state index in [9.17, 15) is 0 Å². The maximum absolute atomic E-state index is 9.00. The molecule has 1 N–H and O–H groups in total. The number of aliphatic carboxylic acids is 1. The van der Waals surface area contributed by atoms with Crippen molar-refractivity contribution in [3.05, 3.63) is 91.0 Å². The van der Waals surface area contributed by atoms with Crippen molar-refractivity contribution in [3.8, 4) is 0 Å². The Morgan fingerprint density at radius 2 is 0.917 bits per heavy atom.